The van der Waals surface area contributed by atoms with Crippen LogP contribution in [-0.2, 0) is 11.2 Å². The molecular formula is C17H19NO4. The second-order valence-electron chi connectivity index (χ2n) is 5.08. The zero-order chi connectivity index (χ0) is 15.9. The van der Waals surface area contributed by atoms with E-state index in [-0.39, 0.29) is 30.1 Å². The van der Waals surface area contributed by atoms with Crippen LogP contribution in [0.1, 0.15) is 35.2 Å². The number of rotatable bonds is 0. The molecule has 0 fully saturated rings. The molecule has 0 aliphatic carbocycles. The van der Waals surface area contributed by atoms with Gasteiger partial charge in [0, 0.05) is 18.2 Å². The lowest BCUT2D eigenvalue weighted by molar-refractivity contribution is 0.0507. The second kappa shape index (κ2) is 7.45. The van der Waals surface area contributed by atoms with Gasteiger partial charge in [0.25, 0.3) is 0 Å². The van der Waals surface area contributed by atoms with Crippen molar-refractivity contribution in [3.63, 3.8) is 0 Å². The molecule has 0 saturated carbocycles. The summed E-state index contributed by atoms with van der Waals surface area (Å²) >= 11 is 0. The molecule has 22 heavy (non-hydrogen) atoms. The quantitative estimate of drug-likeness (QED) is 0.507. The molecule has 1 heterocycles. The van der Waals surface area contributed by atoms with Crippen molar-refractivity contribution in [2.24, 2.45) is 0 Å². The van der Waals surface area contributed by atoms with E-state index in [1.54, 1.807) is 6.08 Å². The number of esters is 1. The summed E-state index contributed by atoms with van der Waals surface area (Å²) in [6.45, 7) is 0.225. The molecule has 0 unspecified atom stereocenters. The van der Waals surface area contributed by atoms with Crippen LogP contribution in [0.25, 0.3) is 0 Å². The molecular weight excluding hydrogens is 282 g/mol. The van der Waals surface area contributed by atoms with Gasteiger partial charge in [0.15, 0.2) is 0 Å². The van der Waals surface area contributed by atoms with Crippen LogP contribution in [0.2, 0.25) is 0 Å². The predicted octanol–water partition coefficient (Wildman–Crippen LogP) is 3.11. The zero-order valence-electron chi connectivity index (χ0n) is 12.2. The van der Waals surface area contributed by atoms with Gasteiger partial charge in [-0.3, -0.25) is 0 Å². The number of phenolic OH excluding ortho intramolecular Hbond substituents is 2. The molecule has 1 aromatic rings. The van der Waals surface area contributed by atoms with E-state index < -0.39 is 5.97 Å². The molecule has 116 valence electrons. The molecule has 0 aromatic heterocycles. The van der Waals surface area contributed by atoms with E-state index in [1.165, 1.54) is 6.07 Å². The maximum Gasteiger partial charge on any atom is 0.342 e. The van der Waals surface area contributed by atoms with Crippen molar-refractivity contribution in [3.8, 4) is 11.5 Å². The Morgan fingerprint density at radius 3 is 2.59 bits per heavy atom. The number of phenols is 2. The standard InChI is InChI=1S/C17H19NO4/c18-13-7-5-3-1-2-4-6-8-22-17(21)16-12(9-13)10-14(19)11-15(16)20/h2,4-5,7,10-11,18-20H,1,3,6,8-9H2/b4-2+,7-5+,18-13?. The maximum atomic E-state index is 12.1. The Morgan fingerprint density at radius 1 is 1.05 bits per heavy atom. The van der Waals surface area contributed by atoms with Crippen LogP contribution < -0.4 is 0 Å². The van der Waals surface area contributed by atoms with E-state index in [1.807, 2.05) is 18.2 Å². The van der Waals surface area contributed by atoms with E-state index in [2.05, 4.69) is 0 Å². The van der Waals surface area contributed by atoms with Gasteiger partial charge in [-0.1, -0.05) is 18.2 Å². The van der Waals surface area contributed by atoms with Crippen LogP contribution in [-0.4, -0.2) is 28.5 Å². The number of cyclic esters (lactones) is 1. The van der Waals surface area contributed by atoms with Gasteiger partial charge >= 0.3 is 5.97 Å². The molecule has 5 heteroatoms. The molecule has 1 aliphatic heterocycles. The Morgan fingerprint density at radius 2 is 1.77 bits per heavy atom. The minimum atomic E-state index is -0.644. The normalized spacial score (nSPS) is 19.6. The van der Waals surface area contributed by atoms with Gasteiger partial charge < -0.3 is 20.4 Å². The van der Waals surface area contributed by atoms with E-state index >= 15 is 0 Å². The topological polar surface area (TPSA) is 90.6 Å². The van der Waals surface area contributed by atoms with Gasteiger partial charge in [0.2, 0.25) is 0 Å². The molecule has 0 spiro atoms. The lowest BCUT2D eigenvalue weighted by Gasteiger charge is -2.12. The monoisotopic (exact) mass is 301 g/mol. The Hall–Kier alpha value is -2.56. The van der Waals surface area contributed by atoms with Crippen molar-refractivity contribution >= 4 is 11.7 Å². The fourth-order valence-electron chi connectivity index (χ4n) is 2.25. The van der Waals surface area contributed by atoms with Crippen molar-refractivity contribution in [2.75, 3.05) is 6.61 Å². The van der Waals surface area contributed by atoms with E-state index in [0.29, 0.717) is 17.7 Å². The molecule has 3 N–H and O–H groups in total. The summed E-state index contributed by atoms with van der Waals surface area (Å²) < 4.78 is 5.15. The molecule has 2 rings (SSSR count). The molecule has 0 amide bonds. The van der Waals surface area contributed by atoms with Crippen LogP contribution >= 0.6 is 0 Å². The lowest BCUT2D eigenvalue weighted by Crippen LogP contribution is -2.11. The summed E-state index contributed by atoms with van der Waals surface area (Å²) in [7, 11) is 0. The largest absolute Gasteiger partial charge is 0.508 e. The number of hydrogen-bond acceptors (Lipinski definition) is 5. The summed E-state index contributed by atoms with van der Waals surface area (Å²) in [5, 5.41) is 27.5. The maximum absolute atomic E-state index is 12.1. The molecule has 5 nitrogen and oxygen atoms in total. The lowest BCUT2D eigenvalue weighted by atomic mass is 10.00. The van der Waals surface area contributed by atoms with Gasteiger partial charge in [-0.25, -0.2) is 4.79 Å². The Bertz CT molecular complexity index is 632. The smallest absolute Gasteiger partial charge is 0.342 e. The summed E-state index contributed by atoms with van der Waals surface area (Å²) in [5.74, 6) is -1.13. The minimum absolute atomic E-state index is 0.0111. The third-order valence-electron chi connectivity index (χ3n) is 3.27. The van der Waals surface area contributed by atoms with Gasteiger partial charge in [0.1, 0.15) is 17.1 Å². The average Bonchev–Trinajstić information content (AvgIpc) is 2.44. The molecule has 0 bridgehead atoms. The summed E-state index contributed by atoms with van der Waals surface area (Å²) in [6, 6.07) is 2.48. The highest BCUT2D eigenvalue weighted by molar-refractivity contribution is 5.99. The van der Waals surface area contributed by atoms with Crippen molar-refractivity contribution in [3.05, 3.63) is 47.6 Å². The number of benzene rings is 1. The number of carbonyl (C=O) groups is 1. The minimum Gasteiger partial charge on any atom is -0.508 e. The molecule has 0 atom stereocenters. The van der Waals surface area contributed by atoms with Crippen molar-refractivity contribution in [1.82, 2.24) is 0 Å². The first-order valence-corrected chi connectivity index (χ1v) is 7.19. The first-order chi connectivity index (χ1) is 10.6. The third kappa shape index (κ3) is 4.22. The number of aromatic hydroxyl groups is 2. The number of fused-ring (bicyclic) bond motifs is 1. The van der Waals surface area contributed by atoms with Crippen LogP contribution in [0.3, 0.4) is 0 Å². The number of hydrogen-bond donors (Lipinski definition) is 3. The average molecular weight is 301 g/mol. The summed E-state index contributed by atoms with van der Waals surface area (Å²) in [4.78, 5) is 12.1. The summed E-state index contributed by atoms with van der Waals surface area (Å²) in [6.07, 6.45) is 9.98. The molecule has 0 saturated heterocycles. The zero-order valence-corrected chi connectivity index (χ0v) is 12.2. The van der Waals surface area contributed by atoms with Gasteiger partial charge in [-0.05, 0) is 37.0 Å². The summed E-state index contributed by atoms with van der Waals surface area (Å²) in [5.41, 5.74) is 0.682. The third-order valence-corrected chi connectivity index (χ3v) is 3.27. The van der Waals surface area contributed by atoms with E-state index in [0.717, 1.165) is 18.9 Å². The van der Waals surface area contributed by atoms with Crippen LogP contribution in [0.15, 0.2) is 36.4 Å². The van der Waals surface area contributed by atoms with Crippen molar-refractivity contribution in [1.29, 1.82) is 5.41 Å². The highest BCUT2D eigenvalue weighted by atomic mass is 16.5. The molecule has 0 radical (unpaired) electrons. The van der Waals surface area contributed by atoms with E-state index in [4.69, 9.17) is 10.1 Å². The number of carbonyl (C=O) groups excluding carboxylic acids is 1. The number of ether oxygens (including phenoxy) is 1. The van der Waals surface area contributed by atoms with Crippen LogP contribution in [0, 0.1) is 5.41 Å². The van der Waals surface area contributed by atoms with Crippen molar-refractivity contribution in [2.45, 2.75) is 25.7 Å². The first-order valence-electron chi connectivity index (χ1n) is 7.19. The van der Waals surface area contributed by atoms with Crippen molar-refractivity contribution < 1.29 is 19.7 Å². The van der Waals surface area contributed by atoms with E-state index in [9.17, 15) is 15.0 Å². The van der Waals surface area contributed by atoms with Gasteiger partial charge in [0.05, 0.1) is 6.61 Å². The molecule has 1 aromatic carbocycles. The second-order valence-corrected chi connectivity index (χ2v) is 5.08. The Kier molecular flexibility index (Phi) is 5.36. The Balaban J connectivity index is 2.36. The van der Waals surface area contributed by atoms with Crippen LogP contribution in [0.4, 0.5) is 0 Å². The van der Waals surface area contributed by atoms with Gasteiger partial charge in [-0.15, -0.1) is 0 Å². The highest BCUT2D eigenvalue weighted by Gasteiger charge is 2.19. The van der Waals surface area contributed by atoms with Crippen LogP contribution in [0.5, 0.6) is 11.5 Å². The Labute approximate surface area is 129 Å². The SMILES string of the molecule is N=C1/C=C/CC/C=C/CCOC(=O)c2c(O)cc(O)cc2C1. The number of allylic oxidation sites excluding steroid dienone is 3. The predicted molar refractivity (Wildman–Crippen MR) is 83.6 cm³/mol. The highest BCUT2D eigenvalue weighted by Crippen LogP contribution is 2.28. The number of nitrogens with one attached hydrogen (secondary N) is 1. The molecule has 1 aliphatic rings. The fourth-order valence-corrected chi connectivity index (χ4v) is 2.25. The van der Waals surface area contributed by atoms with Gasteiger partial charge in [-0.2, -0.15) is 0 Å². The first kappa shape index (κ1) is 15.8. The fraction of sp³-hybridized carbons (Fsp3) is 0.294.